The molecule has 0 heterocycles. The summed E-state index contributed by atoms with van der Waals surface area (Å²) < 4.78 is 0. The van der Waals surface area contributed by atoms with Crippen LogP contribution in [0.1, 0.15) is 5.56 Å². The van der Waals surface area contributed by atoms with Crippen molar-refractivity contribution < 1.29 is 0 Å². The molecule has 0 saturated heterocycles. The summed E-state index contributed by atoms with van der Waals surface area (Å²) in [6, 6.07) is 10.1. The molecule has 0 aliphatic rings. The Morgan fingerprint density at radius 2 is 2.00 bits per heavy atom. The molecule has 0 aliphatic carbocycles. The van der Waals surface area contributed by atoms with Crippen LogP contribution in [0.4, 0.5) is 0 Å². The number of aryl methyl sites for hydroxylation is 1. The van der Waals surface area contributed by atoms with E-state index in [4.69, 9.17) is 16.5 Å². The summed E-state index contributed by atoms with van der Waals surface area (Å²) in [5.41, 5.74) is 1.22. The summed E-state index contributed by atoms with van der Waals surface area (Å²) in [5, 5.41) is 9.52. The van der Waals surface area contributed by atoms with Gasteiger partial charge >= 0.3 is 0 Å². The van der Waals surface area contributed by atoms with Crippen LogP contribution in [0.25, 0.3) is 0 Å². The van der Waals surface area contributed by atoms with Gasteiger partial charge in [-0.15, -0.1) is 0 Å². The predicted octanol–water partition coefficient (Wildman–Crippen LogP) is 2.78. The van der Waals surface area contributed by atoms with Gasteiger partial charge in [-0.1, -0.05) is 41.1 Å². The van der Waals surface area contributed by atoms with Gasteiger partial charge in [0.25, 0.3) is 0 Å². The zero-order chi connectivity index (χ0) is 8.97. The number of hydrogen-bond donors (Lipinski definition) is 0. The maximum atomic E-state index is 8.43. The molecule has 3 heteroatoms. The maximum Gasteiger partial charge on any atom is 0.0732 e. The largest absolute Gasteiger partial charge is 0.198 e. The smallest absolute Gasteiger partial charge is 0.0732 e. The standard InChI is InChI=1S/C9H9ClNP/c1-8-2-4-9(5-3-8)12(10)7-6-11/h2-5H,7H2,1H3. The first-order valence-electron chi connectivity index (χ1n) is 3.61. The predicted molar refractivity (Wildman–Crippen MR) is 54.1 cm³/mol. The van der Waals surface area contributed by atoms with Crippen molar-refractivity contribution in [2.45, 2.75) is 6.92 Å². The van der Waals surface area contributed by atoms with E-state index in [2.05, 4.69) is 6.07 Å². The number of halogens is 1. The second-order valence-electron chi connectivity index (χ2n) is 2.51. The van der Waals surface area contributed by atoms with Gasteiger partial charge in [0.1, 0.15) is 0 Å². The van der Waals surface area contributed by atoms with E-state index in [9.17, 15) is 0 Å². The third kappa shape index (κ3) is 2.48. The Kier molecular flexibility index (Phi) is 3.53. The Bertz CT molecular complexity index is 288. The summed E-state index contributed by atoms with van der Waals surface area (Å²) in [4.78, 5) is 0. The molecule has 1 unspecified atom stereocenters. The molecule has 0 N–H and O–H groups in total. The second-order valence-corrected chi connectivity index (χ2v) is 5.30. The number of nitrogens with zero attached hydrogens (tertiary/aromatic N) is 1. The Morgan fingerprint density at radius 3 is 2.50 bits per heavy atom. The molecule has 1 aromatic rings. The Labute approximate surface area is 78.5 Å². The average molecular weight is 198 g/mol. The minimum atomic E-state index is -0.777. The minimum absolute atomic E-state index is 0.431. The lowest BCUT2D eigenvalue weighted by Gasteiger charge is -2.04. The van der Waals surface area contributed by atoms with Gasteiger partial charge in [0.2, 0.25) is 0 Å². The van der Waals surface area contributed by atoms with Crippen LogP contribution < -0.4 is 5.30 Å². The van der Waals surface area contributed by atoms with Crippen LogP contribution in [-0.2, 0) is 0 Å². The summed E-state index contributed by atoms with van der Waals surface area (Å²) >= 11 is 6.00. The number of rotatable bonds is 2. The molecule has 0 bridgehead atoms. The third-order valence-corrected chi connectivity index (χ3v) is 3.75. The van der Waals surface area contributed by atoms with Crippen LogP contribution in [0.2, 0.25) is 0 Å². The van der Waals surface area contributed by atoms with Crippen molar-refractivity contribution in [2.75, 3.05) is 6.16 Å². The highest BCUT2D eigenvalue weighted by molar-refractivity contribution is 7.90. The van der Waals surface area contributed by atoms with Gasteiger partial charge in [0, 0.05) is 7.27 Å². The lowest BCUT2D eigenvalue weighted by Crippen LogP contribution is -1.97. The van der Waals surface area contributed by atoms with E-state index in [0.717, 1.165) is 5.30 Å². The molecule has 0 fully saturated rings. The van der Waals surface area contributed by atoms with Crippen LogP contribution in [0.5, 0.6) is 0 Å². The van der Waals surface area contributed by atoms with Gasteiger partial charge in [-0.2, -0.15) is 5.26 Å². The van der Waals surface area contributed by atoms with Crippen molar-refractivity contribution in [2.24, 2.45) is 0 Å². The first-order valence-corrected chi connectivity index (χ1v) is 6.04. The fraction of sp³-hybridized carbons (Fsp3) is 0.222. The molecule has 12 heavy (non-hydrogen) atoms. The molecule has 0 radical (unpaired) electrons. The Hall–Kier alpha value is -0.570. The molecule has 0 spiro atoms. The molecule has 0 saturated carbocycles. The summed E-state index contributed by atoms with van der Waals surface area (Å²) in [6.07, 6.45) is 0.431. The molecule has 0 aromatic heterocycles. The van der Waals surface area contributed by atoms with E-state index < -0.39 is 7.27 Å². The Morgan fingerprint density at radius 1 is 1.42 bits per heavy atom. The van der Waals surface area contributed by atoms with Crippen molar-refractivity contribution in [3.05, 3.63) is 29.8 Å². The second kappa shape index (κ2) is 4.45. The molecule has 62 valence electrons. The molecule has 0 aliphatic heterocycles. The van der Waals surface area contributed by atoms with Crippen LogP contribution in [0.3, 0.4) is 0 Å². The lowest BCUT2D eigenvalue weighted by molar-refractivity contribution is 1.48. The maximum absolute atomic E-state index is 8.43. The molecule has 1 aromatic carbocycles. The third-order valence-electron chi connectivity index (χ3n) is 1.52. The topological polar surface area (TPSA) is 23.8 Å². The van der Waals surface area contributed by atoms with E-state index in [1.807, 2.05) is 31.2 Å². The first-order chi connectivity index (χ1) is 5.74. The molecule has 0 amide bonds. The number of benzene rings is 1. The van der Waals surface area contributed by atoms with Gasteiger partial charge in [-0.05, 0) is 12.2 Å². The fourth-order valence-corrected chi connectivity index (χ4v) is 2.14. The van der Waals surface area contributed by atoms with Crippen LogP contribution in [0.15, 0.2) is 24.3 Å². The fourth-order valence-electron chi connectivity index (χ4n) is 0.860. The van der Waals surface area contributed by atoms with Gasteiger partial charge < -0.3 is 0 Å². The van der Waals surface area contributed by atoms with Crippen molar-refractivity contribution in [3.63, 3.8) is 0 Å². The summed E-state index contributed by atoms with van der Waals surface area (Å²) in [6.45, 7) is 2.03. The molecular formula is C9H9ClNP. The average Bonchev–Trinajstić information content (AvgIpc) is 2.06. The monoisotopic (exact) mass is 197 g/mol. The van der Waals surface area contributed by atoms with E-state index in [1.165, 1.54) is 5.56 Å². The van der Waals surface area contributed by atoms with E-state index in [1.54, 1.807) is 0 Å². The van der Waals surface area contributed by atoms with E-state index in [0.29, 0.717) is 6.16 Å². The van der Waals surface area contributed by atoms with E-state index in [-0.39, 0.29) is 0 Å². The van der Waals surface area contributed by atoms with Crippen molar-refractivity contribution in [1.29, 1.82) is 5.26 Å². The summed E-state index contributed by atoms with van der Waals surface area (Å²) in [7, 11) is -0.777. The van der Waals surface area contributed by atoms with Gasteiger partial charge in [0.15, 0.2) is 0 Å². The quantitative estimate of drug-likeness (QED) is 0.669. The zero-order valence-electron chi connectivity index (χ0n) is 6.79. The van der Waals surface area contributed by atoms with Crippen molar-refractivity contribution in [1.82, 2.24) is 0 Å². The highest BCUT2D eigenvalue weighted by atomic mass is 35.7. The number of hydrogen-bond acceptors (Lipinski definition) is 1. The highest BCUT2D eigenvalue weighted by Gasteiger charge is 2.05. The van der Waals surface area contributed by atoms with Crippen molar-refractivity contribution in [3.8, 4) is 6.07 Å². The minimum Gasteiger partial charge on any atom is -0.198 e. The van der Waals surface area contributed by atoms with Crippen LogP contribution >= 0.6 is 18.5 Å². The van der Waals surface area contributed by atoms with Gasteiger partial charge in [0.05, 0.1) is 12.2 Å². The van der Waals surface area contributed by atoms with Crippen LogP contribution in [0, 0.1) is 18.3 Å². The normalized spacial score (nSPS) is 12.1. The lowest BCUT2D eigenvalue weighted by atomic mass is 10.2. The Balaban J connectivity index is 2.76. The zero-order valence-corrected chi connectivity index (χ0v) is 8.44. The van der Waals surface area contributed by atoms with Crippen molar-refractivity contribution >= 4 is 23.8 Å². The van der Waals surface area contributed by atoms with E-state index >= 15 is 0 Å². The molecule has 1 nitrogen and oxygen atoms in total. The van der Waals surface area contributed by atoms with Gasteiger partial charge in [-0.25, -0.2) is 0 Å². The summed E-state index contributed by atoms with van der Waals surface area (Å²) in [5.74, 6) is 0. The SMILES string of the molecule is Cc1ccc(P(Cl)CC#N)cc1. The number of nitriles is 1. The first kappa shape index (κ1) is 9.52. The highest BCUT2D eigenvalue weighted by Crippen LogP contribution is 2.38. The molecule has 1 rings (SSSR count). The molecule has 1 atom stereocenters. The van der Waals surface area contributed by atoms with Crippen LogP contribution in [-0.4, -0.2) is 6.16 Å². The molecular weight excluding hydrogens is 189 g/mol. The van der Waals surface area contributed by atoms with Gasteiger partial charge in [-0.3, -0.25) is 0 Å².